The van der Waals surface area contributed by atoms with Gasteiger partial charge in [-0.2, -0.15) is 0 Å². The Hall–Kier alpha value is -1.46. The van der Waals surface area contributed by atoms with E-state index in [9.17, 15) is 9.18 Å². The van der Waals surface area contributed by atoms with E-state index in [2.05, 4.69) is 4.90 Å². The Morgan fingerprint density at radius 2 is 2.11 bits per heavy atom. The minimum Gasteiger partial charge on any atom is -0.458 e. The van der Waals surface area contributed by atoms with Crippen LogP contribution in [0.5, 0.6) is 0 Å². The number of rotatable bonds is 4. The monoisotopic (exact) mass is 267 g/mol. The van der Waals surface area contributed by atoms with Crippen LogP contribution in [0.3, 0.4) is 0 Å². The maximum atomic E-state index is 13.4. The number of hydrogen-bond acceptors (Lipinski definition) is 4. The number of carbonyl (C=O) groups is 1. The molecule has 0 aliphatic carbocycles. The lowest BCUT2D eigenvalue weighted by molar-refractivity contribution is 0.000214. The summed E-state index contributed by atoms with van der Waals surface area (Å²) in [5, 5.41) is 0. The summed E-state index contributed by atoms with van der Waals surface area (Å²) in [6.07, 6.45) is -0.273. The van der Waals surface area contributed by atoms with E-state index in [1.807, 2.05) is 6.92 Å². The van der Waals surface area contributed by atoms with Crippen LogP contribution >= 0.6 is 0 Å². The fraction of sp³-hybridized carbons (Fsp3) is 0.500. The first-order valence-electron chi connectivity index (χ1n) is 6.42. The Morgan fingerprint density at radius 1 is 1.42 bits per heavy atom. The molecule has 1 saturated heterocycles. The van der Waals surface area contributed by atoms with E-state index in [0.29, 0.717) is 19.8 Å². The Kier molecular flexibility index (Phi) is 4.87. The van der Waals surface area contributed by atoms with Crippen molar-refractivity contribution in [1.29, 1.82) is 0 Å². The minimum absolute atomic E-state index is 0.0173. The molecule has 1 fully saturated rings. The highest BCUT2D eigenvalue weighted by atomic mass is 19.1. The molecule has 5 heteroatoms. The topological polar surface area (TPSA) is 38.8 Å². The van der Waals surface area contributed by atoms with Gasteiger partial charge in [-0.15, -0.1) is 0 Å². The maximum absolute atomic E-state index is 13.4. The highest BCUT2D eigenvalue weighted by Gasteiger charge is 2.19. The van der Waals surface area contributed by atoms with E-state index < -0.39 is 11.8 Å². The molecule has 0 spiro atoms. The van der Waals surface area contributed by atoms with Crippen molar-refractivity contribution in [3.05, 3.63) is 35.6 Å². The molecule has 0 amide bonds. The molecule has 2 rings (SSSR count). The molecule has 1 aromatic carbocycles. The fourth-order valence-corrected chi connectivity index (χ4v) is 2.06. The zero-order valence-electron chi connectivity index (χ0n) is 11.0. The second-order valence-electron chi connectivity index (χ2n) is 4.61. The molecule has 0 radical (unpaired) electrons. The van der Waals surface area contributed by atoms with Crippen molar-refractivity contribution in [2.24, 2.45) is 0 Å². The Balaban J connectivity index is 1.86. The third-order valence-corrected chi connectivity index (χ3v) is 3.02. The zero-order valence-corrected chi connectivity index (χ0v) is 11.0. The van der Waals surface area contributed by atoms with Crippen LogP contribution in [0.25, 0.3) is 0 Å². The van der Waals surface area contributed by atoms with Crippen LogP contribution in [0.1, 0.15) is 17.3 Å². The molecule has 1 aliphatic rings. The lowest BCUT2D eigenvalue weighted by Gasteiger charge is -2.28. The molecule has 1 aromatic rings. The molecular weight excluding hydrogens is 249 g/mol. The summed E-state index contributed by atoms with van der Waals surface area (Å²) in [6, 6.07) is 5.85. The van der Waals surface area contributed by atoms with E-state index in [0.717, 1.165) is 13.1 Å². The molecule has 0 bridgehead atoms. The van der Waals surface area contributed by atoms with Crippen molar-refractivity contribution in [3.63, 3.8) is 0 Å². The zero-order chi connectivity index (χ0) is 13.7. The van der Waals surface area contributed by atoms with E-state index in [1.54, 1.807) is 12.1 Å². The number of halogens is 1. The molecule has 0 unspecified atom stereocenters. The number of morpholine rings is 1. The van der Waals surface area contributed by atoms with E-state index in [-0.39, 0.29) is 11.7 Å². The van der Waals surface area contributed by atoms with Crippen LogP contribution in [0.15, 0.2) is 24.3 Å². The van der Waals surface area contributed by atoms with Gasteiger partial charge in [-0.05, 0) is 19.1 Å². The van der Waals surface area contributed by atoms with Crippen LogP contribution < -0.4 is 0 Å². The Bertz CT molecular complexity index is 432. The normalized spacial score (nSPS) is 18.0. The van der Waals surface area contributed by atoms with Gasteiger partial charge in [0.2, 0.25) is 0 Å². The summed E-state index contributed by atoms with van der Waals surface area (Å²) >= 11 is 0. The number of nitrogens with zero attached hydrogens (tertiary/aromatic N) is 1. The summed E-state index contributed by atoms with van der Waals surface area (Å²) in [6.45, 7) is 5.53. The van der Waals surface area contributed by atoms with Gasteiger partial charge in [0.05, 0.1) is 18.8 Å². The van der Waals surface area contributed by atoms with Crippen molar-refractivity contribution in [2.75, 3.05) is 32.8 Å². The number of benzene rings is 1. The van der Waals surface area contributed by atoms with E-state index in [1.165, 1.54) is 12.1 Å². The molecule has 104 valence electrons. The summed E-state index contributed by atoms with van der Waals surface area (Å²) in [5.74, 6) is -1.16. The first kappa shape index (κ1) is 14.0. The van der Waals surface area contributed by atoms with Gasteiger partial charge in [-0.25, -0.2) is 9.18 Å². The van der Waals surface area contributed by atoms with Gasteiger partial charge in [-0.1, -0.05) is 12.1 Å². The summed E-state index contributed by atoms with van der Waals surface area (Å²) < 4.78 is 23.9. The molecule has 4 nitrogen and oxygen atoms in total. The second kappa shape index (κ2) is 6.63. The maximum Gasteiger partial charge on any atom is 0.341 e. The SMILES string of the molecule is C[C@H](CN1CCOCC1)OC(=O)c1ccccc1F. The van der Waals surface area contributed by atoms with Gasteiger partial charge in [0, 0.05) is 19.6 Å². The Morgan fingerprint density at radius 3 is 2.79 bits per heavy atom. The average Bonchev–Trinajstić information content (AvgIpc) is 2.40. The molecule has 1 heterocycles. The lowest BCUT2D eigenvalue weighted by Crippen LogP contribution is -2.41. The van der Waals surface area contributed by atoms with Crippen molar-refractivity contribution < 1.29 is 18.7 Å². The highest BCUT2D eigenvalue weighted by molar-refractivity contribution is 5.89. The van der Waals surface area contributed by atoms with Gasteiger partial charge in [0.25, 0.3) is 0 Å². The molecule has 19 heavy (non-hydrogen) atoms. The van der Waals surface area contributed by atoms with Crippen molar-refractivity contribution >= 4 is 5.97 Å². The average molecular weight is 267 g/mol. The largest absolute Gasteiger partial charge is 0.458 e. The predicted octanol–water partition coefficient (Wildman–Crippen LogP) is 1.70. The van der Waals surface area contributed by atoms with E-state index >= 15 is 0 Å². The molecule has 1 aliphatic heterocycles. The molecule has 0 saturated carbocycles. The van der Waals surface area contributed by atoms with Crippen molar-refractivity contribution in [1.82, 2.24) is 4.90 Å². The first-order chi connectivity index (χ1) is 9.16. The van der Waals surface area contributed by atoms with Crippen LogP contribution in [-0.4, -0.2) is 49.8 Å². The Labute approximate surface area is 112 Å². The second-order valence-corrected chi connectivity index (χ2v) is 4.61. The first-order valence-corrected chi connectivity index (χ1v) is 6.42. The van der Waals surface area contributed by atoms with Gasteiger partial charge in [-0.3, -0.25) is 4.90 Å². The predicted molar refractivity (Wildman–Crippen MR) is 68.5 cm³/mol. The molecular formula is C14H18FNO3. The summed E-state index contributed by atoms with van der Waals surface area (Å²) in [5.41, 5.74) is -0.0173. The number of hydrogen-bond donors (Lipinski definition) is 0. The van der Waals surface area contributed by atoms with Crippen molar-refractivity contribution in [2.45, 2.75) is 13.0 Å². The highest BCUT2D eigenvalue weighted by Crippen LogP contribution is 2.10. The van der Waals surface area contributed by atoms with Crippen LogP contribution in [0.2, 0.25) is 0 Å². The van der Waals surface area contributed by atoms with Crippen LogP contribution in [0.4, 0.5) is 4.39 Å². The number of carbonyl (C=O) groups excluding carboxylic acids is 1. The third kappa shape index (κ3) is 4.01. The molecule has 0 N–H and O–H groups in total. The standard InChI is InChI=1S/C14H18FNO3/c1-11(10-16-6-8-18-9-7-16)19-14(17)12-4-2-3-5-13(12)15/h2-5,11H,6-10H2,1H3/t11-/m1/s1. The van der Waals surface area contributed by atoms with Crippen LogP contribution in [-0.2, 0) is 9.47 Å². The summed E-state index contributed by atoms with van der Waals surface area (Å²) in [7, 11) is 0. The van der Waals surface area contributed by atoms with Gasteiger partial charge in [0.1, 0.15) is 11.9 Å². The van der Waals surface area contributed by atoms with E-state index in [4.69, 9.17) is 9.47 Å². The quantitative estimate of drug-likeness (QED) is 0.778. The van der Waals surface area contributed by atoms with Gasteiger partial charge >= 0.3 is 5.97 Å². The number of esters is 1. The molecule has 1 atom stereocenters. The van der Waals surface area contributed by atoms with Gasteiger partial charge in [0.15, 0.2) is 0 Å². The smallest absolute Gasteiger partial charge is 0.341 e. The van der Waals surface area contributed by atoms with Crippen molar-refractivity contribution in [3.8, 4) is 0 Å². The lowest BCUT2D eigenvalue weighted by atomic mass is 10.2. The fourth-order valence-electron chi connectivity index (χ4n) is 2.06. The summed E-state index contributed by atoms with van der Waals surface area (Å²) in [4.78, 5) is 14.0. The minimum atomic E-state index is -0.612. The van der Waals surface area contributed by atoms with Gasteiger partial charge < -0.3 is 9.47 Å². The molecule has 0 aromatic heterocycles. The number of ether oxygens (including phenoxy) is 2. The third-order valence-electron chi connectivity index (χ3n) is 3.02. The van der Waals surface area contributed by atoms with Crippen LogP contribution in [0, 0.1) is 5.82 Å².